The van der Waals surface area contributed by atoms with Crippen LogP contribution in [0.25, 0.3) is 10.9 Å². The molecule has 0 saturated carbocycles. The van der Waals surface area contributed by atoms with Gasteiger partial charge in [-0.15, -0.1) is 0 Å². The van der Waals surface area contributed by atoms with Crippen molar-refractivity contribution < 1.29 is 4.74 Å². The average Bonchev–Trinajstić information content (AvgIpc) is 2.43. The van der Waals surface area contributed by atoms with Gasteiger partial charge >= 0.3 is 0 Å². The summed E-state index contributed by atoms with van der Waals surface area (Å²) in [7, 11) is 3.91. The van der Waals surface area contributed by atoms with Gasteiger partial charge in [0.1, 0.15) is 12.4 Å². The second-order valence-corrected chi connectivity index (χ2v) is 4.65. The number of hydrogen-bond donors (Lipinski definition) is 0. The standard InChI is InChI=1S/C15H17N3O/c1-18(2)13(7-8-16)11-19-14-5-6-15-12(10-14)4-3-9-17-15/h3-6,9-10,13H,7,11H2,1-2H3. The summed E-state index contributed by atoms with van der Waals surface area (Å²) in [5, 5.41) is 9.84. The highest BCUT2D eigenvalue weighted by Crippen LogP contribution is 2.19. The van der Waals surface area contributed by atoms with E-state index in [1.54, 1.807) is 6.20 Å². The maximum atomic E-state index is 8.78. The zero-order valence-corrected chi connectivity index (χ0v) is 11.2. The van der Waals surface area contributed by atoms with Crippen molar-refractivity contribution in [1.82, 2.24) is 9.88 Å². The van der Waals surface area contributed by atoms with Crippen LogP contribution in [0.4, 0.5) is 0 Å². The average molecular weight is 255 g/mol. The van der Waals surface area contributed by atoms with Crippen LogP contribution in [0.1, 0.15) is 6.42 Å². The number of pyridine rings is 1. The molecular weight excluding hydrogens is 238 g/mol. The summed E-state index contributed by atoms with van der Waals surface area (Å²) in [5.41, 5.74) is 0.955. The van der Waals surface area contributed by atoms with Gasteiger partial charge in [0.15, 0.2) is 0 Å². The van der Waals surface area contributed by atoms with Crippen molar-refractivity contribution in [2.75, 3.05) is 20.7 Å². The number of benzene rings is 1. The van der Waals surface area contributed by atoms with Gasteiger partial charge in [0.25, 0.3) is 0 Å². The molecule has 0 bridgehead atoms. The molecule has 0 spiro atoms. The molecule has 98 valence electrons. The van der Waals surface area contributed by atoms with Gasteiger partial charge in [-0.3, -0.25) is 4.98 Å². The second kappa shape index (κ2) is 6.17. The van der Waals surface area contributed by atoms with Crippen LogP contribution in [-0.4, -0.2) is 36.6 Å². The third-order valence-electron chi connectivity index (χ3n) is 3.07. The summed E-state index contributed by atoms with van der Waals surface area (Å²) < 4.78 is 5.77. The van der Waals surface area contributed by atoms with Crippen molar-refractivity contribution in [2.24, 2.45) is 0 Å². The zero-order chi connectivity index (χ0) is 13.7. The number of hydrogen-bond acceptors (Lipinski definition) is 4. The van der Waals surface area contributed by atoms with E-state index in [9.17, 15) is 0 Å². The van der Waals surface area contributed by atoms with Crippen molar-refractivity contribution in [2.45, 2.75) is 12.5 Å². The lowest BCUT2D eigenvalue weighted by atomic mass is 10.2. The molecule has 0 aliphatic heterocycles. The first-order valence-corrected chi connectivity index (χ1v) is 6.21. The predicted molar refractivity (Wildman–Crippen MR) is 74.9 cm³/mol. The number of nitrogens with zero attached hydrogens (tertiary/aromatic N) is 3. The van der Waals surface area contributed by atoms with Crippen molar-refractivity contribution in [3.8, 4) is 11.8 Å². The van der Waals surface area contributed by atoms with E-state index in [1.165, 1.54) is 0 Å². The van der Waals surface area contributed by atoms with Crippen LogP contribution in [0, 0.1) is 11.3 Å². The number of nitriles is 1. The van der Waals surface area contributed by atoms with E-state index in [0.29, 0.717) is 13.0 Å². The Morgan fingerprint density at radius 1 is 1.37 bits per heavy atom. The third-order valence-corrected chi connectivity index (χ3v) is 3.07. The fourth-order valence-corrected chi connectivity index (χ4v) is 1.83. The maximum Gasteiger partial charge on any atom is 0.120 e. The van der Waals surface area contributed by atoms with Gasteiger partial charge in [-0.25, -0.2) is 0 Å². The second-order valence-electron chi connectivity index (χ2n) is 4.65. The van der Waals surface area contributed by atoms with E-state index in [2.05, 4.69) is 11.1 Å². The summed E-state index contributed by atoms with van der Waals surface area (Å²) in [6, 6.07) is 12.0. The zero-order valence-electron chi connectivity index (χ0n) is 11.2. The van der Waals surface area contributed by atoms with Crippen molar-refractivity contribution >= 4 is 10.9 Å². The summed E-state index contributed by atoms with van der Waals surface area (Å²) >= 11 is 0. The molecule has 0 aliphatic rings. The lowest BCUT2D eigenvalue weighted by Crippen LogP contribution is -2.33. The van der Waals surface area contributed by atoms with Gasteiger partial charge in [-0.2, -0.15) is 5.26 Å². The monoisotopic (exact) mass is 255 g/mol. The van der Waals surface area contributed by atoms with Crippen LogP contribution in [0.3, 0.4) is 0 Å². The molecule has 1 atom stereocenters. The van der Waals surface area contributed by atoms with Crippen LogP contribution in [-0.2, 0) is 0 Å². The molecule has 1 unspecified atom stereocenters. The van der Waals surface area contributed by atoms with Crippen LogP contribution in [0.5, 0.6) is 5.75 Å². The number of rotatable bonds is 5. The smallest absolute Gasteiger partial charge is 0.120 e. The number of aromatic nitrogens is 1. The van der Waals surface area contributed by atoms with Crippen LogP contribution >= 0.6 is 0 Å². The van der Waals surface area contributed by atoms with Crippen molar-refractivity contribution in [1.29, 1.82) is 5.26 Å². The van der Waals surface area contributed by atoms with Gasteiger partial charge < -0.3 is 9.64 Å². The quantitative estimate of drug-likeness (QED) is 0.823. The van der Waals surface area contributed by atoms with E-state index in [1.807, 2.05) is 49.3 Å². The Bertz CT molecular complexity index is 589. The minimum Gasteiger partial charge on any atom is -0.492 e. The highest BCUT2D eigenvalue weighted by atomic mass is 16.5. The Labute approximate surface area is 113 Å². The first-order chi connectivity index (χ1) is 9.20. The molecule has 0 aliphatic carbocycles. The number of likely N-dealkylation sites (N-methyl/N-ethyl adjacent to an activating group) is 1. The van der Waals surface area contributed by atoms with Gasteiger partial charge in [-0.05, 0) is 38.4 Å². The van der Waals surface area contributed by atoms with Crippen LogP contribution in [0.2, 0.25) is 0 Å². The molecule has 0 fully saturated rings. The molecule has 1 aromatic carbocycles. The molecule has 0 radical (unpaired) electrons. The molecule has 2 aromatic rings. The normalized spacial score (nSPS) is 12.3. The lowest BCUT2D eigenvalue weighted by molar-refractivity contribution is 0.188. The summed E-state index contributed by atoms with van der Waals surface area (Å²) in [5.74, 6) is 0.810. The topological polar surface area (TPSA) is 49.2 Å². The minimum absolute atomic E-state index is 0.106. The van der Waals surface area contributed by atoms with Crippen molar-refractivity contribution in [3.63, 3.8) is 0 Å². The van der Waals surface area contributed by atoms with Crippen LogP contribution in [0.15, 0.2) is 36.5 Å². The number of ether oxygens (including phenoxy) is 1. The molecule has 0 saturated heterocycles. The largest absolute Gasteiger partial charge is 0.492 e. The molecule has 19 heavy (non-hydrogen) atoms. The van der Waals surface area contributed by atoms with Crippen LogP contribution < -0.4 is 4.74 Å². The molecule has 1 heterocycles. The fraction of sp³-hybridized carbons (Fsp3) is 0.333. The van der Waals surface area contributed by atoms with Gasteiger partial charge in [0, 0.05) is 11.6 Å². The molecule has 4 nitrogen and oxygen atoms in total. The minimum atomic E-state index is 0.106. The fourth-order valence-electron chi connectivity index (χ4n) is 1.83. The highest BCUT2D eigenvalue weighted by Gasteiger charge is 2.11. The van der Waals surface area contributed by atoms with E-state index >= 15 is 0 Å². The van der Waals surface area contributed by atoms with E-state index in [0.717, 1.165) is 16.7 Å². The summed E-state index contributed by atoms with van der Waals surface area (Å²) in [6.07, 6.45) is 2.24. The van der Waals surface area contributed by atoms with E-state index in [-0.39, 0.29) is 6.04 Å². The molecule has 2 rings (SSSR count). The maximum absolute atomic E-state index is 8.78. The Morgan fingerprint density at radius 2 is 2.21 bits per heavy atom. The Hall–Kier alpha value is -2.12. The number of fused-ring (bicyclic) bond motifs is 1. The van der Waals surface area contributed by atoms with Gasteiger partial charge in [-0.1, -0.05) is 6.07 Å². The van der Waals surface area contributed by atoms with Crippen molar-refractivity contribution in [3.05, 3.63) is 36.5 Å². The Kier molecular flexibility index (Phi) is 4.32. The van der Waals surface area contributed by atoms with E-state index < -0.39 is 0 Å². The van der Waals surface area contributed by atoms with E-state index in [4.69, 9.17) is 10.00 Å². The molecular formula is C15H17N3O. The highest BCUT2D eigenvalue weighted by molar-refractivity contribution is 5.79. The molecule has 4 heteroatoms. The summed E-state index contributed by atoms with van der Waals surface area (Å²) in [4.78, 5) is 6.27. The first kappa shape index (κ1) is 13.3. The first-order valence-electron chi connectivity index (χ1n) is 6.21. The van der Waals surface area contributed by atoms with Gasteiger partial charge in [0.2, 0.25) is 0 Å². The predicted octanol–water partition coefficient (Wildman–Crippen LogP) is 2.46. The SMILES string of the molecule is CN(C)C(CC#N)COc1ccc2ncccc2c1. The lowest BCUT2D eigenvalue weighted by Gasteiger charge is -2.21. The Morgan fingerprint density at radius 3 is 2.95 bits per heavy atom. The molecule has 1 aromatic heterocycles. The molecule has 0 N–H and O–H groups in total. The molecule has 0 amide bonds. The third kappa shape index (κ3) is 3.43. The summed E-state index contributed by atoms with van der Waals surface area (Å²) in [6.45, 7) is 0.506. The van der Waals surface area contributed by atoms with Gasteiger partial charge in [0.05, 0.1) is 24.0 Å². The Balaban J connectivity index is 2.07.